The van der Waals surface area contributed by atoms with Gasteiger partial charge in [0.15, 0.2) is 5.78 Å². The fourth-order valence-corrected chi connectivity index (χ4v) is 2.89. The van der Waals surface area contributed by atoms with Gasteiger partial charge in [0.1, 0.15) is 30.1 Å². The van der Waals surface area contributed by atoms with Crippen LogP contribution in [0.25, 0.3) is 0 Å². The van der Waals surface area contributed by atoms with Crippen LogP contribution in [-0.4, -0.2) is 24.8 Å². The van der Waals surface area contributed by atoms with Gasteiger partial charge in [-0.15, -0.1) is 0 Å². The van der Waals surface area contributed by atoms with E-state index in [2.05, 4.69) is 9.41 Å². The van der Waals surface area contributed by atoms with E-state index in [1.54, 1.807) is 6.92 Å². The van der Waals surface area contributed by atoms with Crippen LogP contribution >= 0.6 is 0 Å². The van der Waals surface area contributed by atoms with Gasteiger partial charge < -0.3 is 14.9 Å². The third-order valence-electron chi connectivity index (χ3n) is 4.20. The Kier molecular flexibility index (Phi) is 4.81. The van der Waals surface area contributed by atoms with E-state index in [0.29, 0.717) is 11.6 Å². The lowest BCUT2D eigenvalue weighted by Gasteiger charge is -2.30. The number of alkyl halides is 3. The lowest BCUT2D eigenvalue weighted by Crippen LogP contribution is -2.38. The molecule has 2 aromatic rings. The molecule has 27 heavy (non-hydrogen) atoms. The van der Waals surface area contributed by atoms with E-state index in [1.165, 1.54) is 18.2 Å². The lowest BCUT2D eigenvalue weighted by molar-refractivity contribution is -0.153. The molecule has 3 rings (SSSR count). The Balaban J connectivity index is 1.85. The van der Waals surface area contributed by atoms with Crippen molar-refractivity contribution < 1.29 is 31.5 Å². The average Bonchev–Trinajstić information content (AvgIpc) is 3.07. The maximum atomic E-state index is 14.3. The van der Waals surface area contributed by atoms with E-state index < -0.39 is 29.1 Å². The molecule has 9 heteroatoms. The fourth-order valence-electron chi connectivity index (χ4n) is 2.89. The molecule has 1 aliphatic rings. The van der Waals surface area contributed by atoms with Gasteiger partial charge >= 0.3 is 6.18 Å². The first kappa shape index (κ1) is 19.1. The molecule has 0 bridgehead atoms. The Morgan fingerprint density at radius 3 is 2.70 bits per heavy atom. The lowest BCUT2D eigenvalue weighted by atomic mass is 9.90. The zero-order valence-corrected chi connectivity index (χ0v) is 14.3. The van der Waals surface area contributed by atoms with Crippen molar-refractivity contribution in [3.8, 4) is 0 Å². The number of aliphatic imine (C=N–C) groups is 1. The average molecular weight is 384 g/mol. The van der Waals surface area contributed by atoms with Crippen LogP contribution in [-0.2, 0) is 22.9 Å². The third kappa shape index (κ3) is 4.02. The zero-order chi connectivity index (χ0) is 19.8. The molecule has 1 aromatic heterocycles. The van der Waals surface area contributed by atoms with E-state index in [0.717, 1.165) is 6.26 Å². The van der Waals surface area contributed by atoms with Crippen LogP contribution in [0.2, 0.25) is 0 Å². The maximum Gasteiger partial charge on any atom is 0.449 e. The summed E-state index contributed by atoms with van der Waals surface area (Å²) in [5.74, 6) is -2.15. The molecule has 0 fully saturated rings. The summed E-state index contributed by atoms with van der Waals surface area (Å²) in [7, 11) is 0. The molecule has 144 valence electrons. The number of carbonyl (C=O) groups is 1. The molecule has 0 amide bonds. The summed E-state index contributed by atoms with van der Waals surface area (Å²) in [6.07, 6.45) is -4.13. The molecule has 0 saturated carbocycles. The van der Waals surface area contributed by atoms with Crippen LogP contribution in [0.4, 0.5) is 17.6 Å². The van der Waals surface area contributed by atoms with Gasteiger partial charge in [-0.25, -0.2) is 4.39 Å². The summed E-state index contributed by atoms with van der Waals surface area (Å²) in [5.41, 5.74) is 5.04. The number of nitrogens with two attached hydrogens (primary N) is 1. The number of hydrogen-bond donors (Lipinski definition) is 1. The van der Waals surface area contributed by atoms with Crippen LogP contribution in [0.15, 0.2) is 39.9 Å². The summed E-state index contributed by atoms with van der Waals surface area (Å²) < 4.78 is 61.8. The highest BCUT2D eigenvalue weighted by Crippen LogP contribution is 2.32. The number of ether oxygens (including phenoxy) is 1. The quantitative estimate of drug-likeness (QED) is 0.647. The summed E-state index contributed by atoms with van der Waals surface area (Å²) in [6, 6.07) is 4.67. The second kappa shape index (κ2) is 6.80. The molecule has 0 unspecified atom stereocenters. The maximum absolute atomic E-state index is 14.3. The highest BCUT2D eigenvalue weighted by atomic mass is 19.4. The van der Waals surface area contributed by atoms with Crippen molar-refractivity contribution in [2.45, 2.75) is 25.1 Å². The first-order valence-electron chi connectivity index (χ1n) is 7.98. The molecule has 0 saturated heterocycles. The molecule has 1 aliphatic heterocycles. The standard InChI is InChI=1S/C18H16F4N2O3/c1-17(9-26-8-16(23)24-17)12-4-10(2-3-13(12)19)5-14(25)11-6-15(27-7-11)18(20,21)22/h2-4,6-7H,5,8-9H2,1H3,(H2,23,24)/t17-/m0/s1. The molecular formula is C18H16F4N2O3. The number of furan rings is 1. The zero-order valence-electron chi connectivity index (χ0n) is 14.3. The van der Waals surface area contributed by atoms with Crippen molar-refractivity contribution in [2.75, 3.05) is 13.2 Å². The molecular weight excluding hydrogens is 368 g/mol. The van der Waals surface area contributed by atoms with Crippen LogP contribution in [0.3, 0.4) is 0 Å². The van der Waals surface area contributed by atoms with Crippen LogP contribution < -0.4 is 5.73 Å². The largest absolute Gasteiger partial charge is 0.459 e. The van der Waals surface area contributed by atoms with Crippen molar-refractivity contribution in [1.29, 1.82) is 0 Å². The first-order valence-corrected chi connectivity index (χ1v) is 7.98. The van der Waals surface area contributed by atoms with Crippen LogP contribution in [0, 0.1) is 5.82 Å². The number of benzene rings is 1. The van der Waals surface area contributed by atoms with E-state index in [4.69, 9.17) is 10.5 Å². The SMILES string of the molecule is C[C@@]1(c2cc(CC(=O)c3coc(C(F)(F)F)c3)ccc2F)COCC(N)=N1. The number of carbonyl (C=O) groups excluding carboxylic acids is 1. The Hall–Kier alpha value is -2.68. The minimum atomic E-state index is -4.67. The monoisotopic (exact) mass is 384 g/mol. The van der Waals surface area contributed by atoms with E-state index >= 15 is 0 Å². The van der Waals surface area contributed by atoms with Gasteiger partial charge in [0, 0.05) is 12.0 Å². The van der Waals surface area contributed by atoms with Crippen molar-refractivity contribution >= 4 is 11.6 Å². The Morgan fingerprint density at radius 1 is 1.33 bits per heavy atom. The summed E-state index contributed by atoms with van der Waals surface area (Å²) in [4.78, 5) is 16.5. The van der Waals surface area contributed by atoms with Crippen molar-refractivity contribution in [3.63, 3.8) is 0 Å². The van der Waals surface area contributed by atoms with Gasteiger partial charge in [0.2, 0.25) is 5.76 Å². The predicted octanol–water partition coefficient (Wildman–Crippen LogP) is 3.47. The van der Waals surface area contributed by atoms with Crippen molar-refractivity contribution in [2.24, 2.45) is 10.7 Å². The number of nitrogens with zero attached hydrogens (tertiary/aromatic N) is 1. The number of amidine groups is 1. The molecule has 0 aliphatic carbocycles. The highest BCUT2D eigenvalue weighted by Gasteiger charge is 2.36. The molecule has 5 nitrogen and oxygen atoms in total. The van der Waals surface area contributed by atoms with Gasteiger partial charge in [-0.1, -0.05) is 6.07 Å². The molecule has 1 aromatic carbocycles. The van der Waals surface area contributed by atoms with E-state index in [1.807, 2.05) is 0 Å². The second-order valence-electron chi connectivity index (χ2n) is 6.48. The molecule has 2 heterocycles. The number of ketones is 1. The molecule has 0 radical (unpaired) electrons. The van der Waals surface area contributed by atoms with Gasteiger partial charge in [-0.05, 0) is 30.7 Å². The van der Waals surface area contributed by atoms with Gasteiger partial charge in [0.05, 0.1) is 12.2 Å². The topological polar surface area (TPSA) is 77.8 Å². The second-order valence-corrected chi connectivity index (χ2v) is 6.48. The summed E-state index contributed by atoms with van der Waals surface area (Å²) >= 11 is 0. The van der Waals surface area contributed by atoms with Crippen molar-refractivity contribution in [3.05, 3.63) is 58.8 Å². The number of Topliss-reactive ketones (excluding diaryl/α,β-unsaturated/α-hetero) is 1. The smallest absolute Gasteiger partial charge is 0.449 e. The fraction of sp³-hybridized carbons (Fsp3) is 0.333. The Bertz CT molecular complexity index is 904. The van der Waals surface area contributed by atoms with E-state index in [9.17, 15) is 22.4 Å². The van der Waals surface area contributed by atoms with Gasteiger partial charge in [0.25, 0.3) is 0 Å². The number of hydrogen-bond acceptors (Lipinski definition) is 5. The normalized spacial score (nSPS) is 20.4. The van der Waals surface area contributed by atoms with Gasteiger partial charge in [-0.3, -0.25) is 9.79 Å². The molecule has 0 spiro atoms. The number of rotatable bonds is 4. The number of halogens is 4. The minimum absolute atomic E-state index is 0.110. The van der Waals surface area contributed by atoms with Crippen LogP contribution in [0.5, 0.6) is 0 Å². The minimum Gasteiger partial charge on any atom is -0.459 e. The predicted molar refractivity (Wildman–Crippen MR) is 87.9 cm³/mol. The Morgan fingerprint density at radius 2 is 2.07 bits per heavy atom. The van der Waals surface area contributed by atoms with Gasteiger partial charge in [-0.2, -0.15) is 13.2 Å². The molecule has 1 atom stereocenters. The third-order valence-corrected chi connectivity index (χ3v) is 4.20. The van der Waals surface area contributed by atoms with Crippen LogP contribution in [0.1, 0.15) is 34.2 Å². The summed E-state index contributed by atoms with van der Waals surface area (Å²) in [6.45, 7) is 1.91. The Labute approximate surface area is 151 Å². The highest BCUT2D eigenvalue weighted by molar-refractivity contribution is 5.97. The summed E-state index contributed by atoms with van der Waals surface area (Å²) in [5, 5.41) is 0. The molecule has 2 N–H and O–H groups in total. The van der Waals surface area contributed by atoms with E-state index in [-0.39, 0.29) is 36.6 Å². The van der Waals surface area contributed by atoms with Crippen molar-refractivity contribution in [1.82, 2.24) is 0 Å². The first-order chi connectivity index (χ1) is 12.6.